The van der Waals surface area contributed by atoms with Crippen LogP contribution in [0.1, 0.15) is 33.6 Å². The predicted molar refractivity (Wildman–Crippen MR) is 69.9 cm³/mol. The van der Waals surface area contributed by atoms with Gasteiger partial charge in [-0.1, -0.05) is 20.8 Å². The molecule has 0 aromatic carbocycles. The fourth-order valence-corrected chi connectivity index (χ4v) is 3.17. The standard InChI is InChI=1S/C10H18O7S.Na.H/c1-6(2)4-7(3)10(9(13)14,5-8(11)12)18(15,16)17;;/h6-7H,4-5H2,1-3H3,(H,11,12)(H,13,14)(H,15,16,17);;. The van der Waals surface area contributed by atoms with Gasteiger partial charge in [-0.2, -0.15) is 8.42 Å². The van der Waals surface area contributed by atoms with Gasteiger partial charge in [0, 0.05) is 0 Å². The Bertz CT molecular complexity index is 431. The third-order valence-electron chi connectivity index (χ3n) is 2.86. The van der Waals surface area contributed by atoms with Crippen molar-refractivity contribution in [3.8, 4) is 0 Å². The second kappa shape index (κ2) is 7.58. The Morgan fingerprint density at radius 1 is 1.16 bits per heavy atom. The van der Waals surface area contributed by atoms with Gasteiger partial charge in [-0.3, -0.25) is 14.1 Å². The van der Waals surface area contributed by atoms with E-state index in [0.717, 1.165) is 0 Å². The third kappa shape index (κ3) is 5.03. The van der Waals surface area contributed by atoms with Crippen LogP contribution in [0.2, 0.25) is 0 Å². The molecule has 108 valence electrons. The predicted octanol–water partition coefficient (Wildman–Crippen LogP) is 0.206. The van der Waals surface area contributed by atoms with E-state index < -0.39 is 39.1 Å². The van der Waals surface area contributed by atoms with Crippen molar-refractivity contribution < 1.29 is 32.8 Å². The molecule has 0 rings (SSSR count). The van der Waals surface area contributed by atoms with Crippen molar-refractivity contribution in [3.63, 3.8) is 0 Å². The summed E-state index contributed by atoms with van der Waals surface area (Å²) >= 11 is 0. The van der Waals surface area contributed by atoms with E-state index in [1.807, 2.05) is 0 Å². The third-order valence-corrected chi connectivity index (χ3v) is 4.50. The Balaban J connectivity index is 0. The van der Waals surface area contributed by atoms with Crippen LogP contribution in [0.3, 0.4) is 0 Å². The molecule has 0 bridgehead atoms. The van der Waals surface area contributed by atoms with E-state index in [4.69, 9.17) is 14.8 Å². The normalized spacial score (nSPS) is 16.3. The number of carbonyl (C=O) groups is 2. The van der Waals surface area contributed by atoms with Crippen molar-refractivity contribution in [2.24, 2.45) is 11.8 Å². The molecule has 7 nitrogen and oxygen atoms in total. The van der Waals surface area contributed by atoms with E-state index in [1.54, 1.807) is 13.8 Å². The van der Waals surface area contributed by atoms with Crippen LogP contribution in [0.5, 0.6) is 0 Å². The van der Waals surface area contributed by atoms with Gasteiger partial charge >= 0.3 is 41.5 Å². The minimum atomic E-state index is -5.05. The molecule has 19 heavy (non-hydrogen) atoms. The summed E-state index contributed by atoms with van der Waals surface area (Å²) in [5, 5.41) is 17.8. The van der Waals surface area contributed by atoms with Crippen LogP contribution in [0.4, 0.5) is 0 Å². The molecule has 2 atom stereocenters. The van der Waals surface area contributed by atoms with E-state index in [9.17, 15) is 18.0 Å². The molecule has 0 heterocycles. The van der Waals surface area contributed by atoms with Gasteiger partial charge in [0.1, 0.15) is 0 Å². The van der Waals surface area contributed by atoms with Gasteiger partial charge in [0.25, 0.3) is 10.1 Å². The summed E-state index contributed by atoms with van der Waals surface area (Å²) < 4.78 is 29.2. The summed E-state index contributed by atoms with van der Waals surface area (Å²) in [7, 11) is -5.05. The maximum atomic E-state index is 11.4. The molecule has 3 N–H and O–H groups in total. The van der Waals surface area contributed by atoms with Crippen LogP contribution in [0, 0.1) is 11.8 Å². The van der Waals surface area contributed by atoms with E-state index in [-0.39, 0.29) is 41.9 Å². The SMILES string of the molecule is CC(C)CC(C)C(CC(=O)O)(C(=O)O)S(=O)(=O)O.[NaH]. The Labute approximate surface area is 134 Å². The van der Waals surface area contributed by atoms with E-state index >= 15 is 0 Å². The first-order valence-corrected chi connectivity index (χ1v) is 6.81. The fraction of sp³-hybridized carbons (Fsp3) is 0.800. The van der Waals surface area contributed by atoms with Crippen molar-refractivity contribution in [1.82, 2.24) is 0 Å². The molecule has 0 amide bonds. The van der Waals surface area contributed by atoms with Crippen molar-refractivity contribution in [2.75, 3.05) is 0 Å². The van der Waals surface area contributed by atoms with Crippen molar-refractivity contribution in [1.29, 1.82) is 0 Å². The van der Waals surface area contributed by atoms with Crippen molar-refractivity contribution in [3.05, 3.63) is 0 Å². The first-order chi connectivity index (χ1) is 7.95. The quantitative estimate of drug-likeness (QED) is 0.453. The molecule has 0 fully saturated rings. The molecule has 0 aliphatic heterocycles. The minimum absolute atomic E-state index is 0. The van der Waals surface area contributed by atoms with Gasteiger partial charge < -0.3 is 10.2 Å². The molecular weight excluding hydrogens is 287 g/mol. The van der Waals surface area contributed by atoms with E-state index in [0.29, 0.717) is 0 Å². The number of rotatable bonds is 7. The van der Waals surface area contributed by atoms with Crippen LogP contribution in [-0.2, 0) is 19.7 Å². The maximum absolute atomic E-state index is 11.4. The molecule has 0 aliphatic rings. The average molecular weight is 306 g/mol. The van der Waals surface area contributed by atoms with Crippen LogP contribution < -0.4 is 0 Å². The Morgan fingerprint density at radius 3 is 1.79 bits per heavy atom. The van der Waals surface area contributed by atoms with Crippen LogP contribution in [-0.4, -0.2) is 69.4 Å². The van der Waals surface area contributed by atoms with Crippen LogP contribution in [0.25, 0.3) is 0 Å². The van der Waals surface area contributed by atoms with Gasteiger partial charge in [-0.05, 0) is 18.3 Å². The Hall–Kier alpha value is -0.150. The Morgan fingerprint density at radius 2 is 1.58 bits per heavy atom. The summed E-state index contributed by atoms with van der Waals surface area (Å²) in [6.45, 7) is 4.80. The Kier molecular flexibility index (Phi) is 8.44. The summed E-state index contributed by atoms with van der Waals surface area (Å²) in [5.74, 6) is -4.50. The molecule has 9 heteroatoms. The molecule has 0 spiro atoms. The summed E-state index contributed by atoms with van der Waals surface area (Å²) in [6, 6.07) is 0. The van der Waals surface area contributed by atoms with E-state index in [1.165, 1.54) is 6.92 Å². The zero-order valence-corrected chi connectivity index (χ0v) is 11.3. The van der Waals surface area contributed by atoms with Crippen LogP contribution >= 0.6 is 0 Å². The summed E-state index contributed by atoms with van der Waals surface area (Å²) in [4.78, 5) is 21.9. The van der Waals surface area contributed by atoms with E-state index in [2.05, 4.69) is 0 Å². The van der Waals surface area contributed by atoms with Gasteiger partial charge in [0.05, 0.1) is 6.42 Å². The summed E-state index contributed by atoms with van der Waals surface area (Å²) in [5.41, 5.74) is 0. The second-order valence-electron chi connectivity index (χ2n) is 4.77. The first-order valence-electron chi connectivity index (χ1n) is 5.37. The number of hydrogen-bond acceptors (Lipinski definition) is 4. The molecule has 0 aromatic rings. The van der Waals surface area contributed by atoms with Gasteiger partial charge in [0.2, 0.25) is 4.75 Å². The van der Waals surface area contributed by atoms with Gasteiger partial charge in [-0.15, -0.1) is 0 Å². The molecule has 0 saturated heterocycles. The average Bonchev–Trinajstić information content (AvgIpc) is 2.09. The number of carboxylic acid groups (broad SMARTS) is 2. The fourth-order valence-electron chi connectivity index (χ4n) is 2.04. The molecular formula is C10H19NaO7S. The van der Waals surface area contributed by atoms with Gasteiger partial charge in [0.15, 0.2) is 0 Å². The zero-order chi connectivity index (χ0) is 14.7. The molecule has 0 aliphatic carbocycles. The monoisotopic (exact) mass is 306 g/mol. The molecule has 0 radical (unpaired) electrons. The molecule has 0 aromatic heterocycles. The zero-order valence-electron chi connectivity index (χ0n) is 10.5. The second-order valence-corrected chi connectivity index (χ2v) is 6.45. The molecule has 0 saturated carbocycles. The van der Waals surface area contributed by atoms with Crippen molar-refractivity contribution >= 4 is 51.6 Å². The van der Waals surface area contributed by atoms with Crippen LogP contribution in [0.15, 0.2) is 0 Å². The van der Waals surface area contributed by atoms with Gasteiger partial charge in [-0.25, -0.2) is 0 Å². The number of carboxylic acids is 2. The topological polar surface area (TPSA) is 129 Å². The first kappa shape index (κ1) is 21.2. The van der Waals surface area contributed by atoms with Crippen molar-refractivity contribution in [2.45, 2.75) is 38.4 Å². The molecule has 2 unspecified atom stereocenters. The number of aliphatic carboxylic acids is 2. The number of hydrogen-bond donors (Lipinski definition) is 3. The summed E-state index contributed by atoms with van der Waals surface area (Å²) in [6.07, 6.45) is -1.01.